The first-order valence-electron chi connectivity index (χ1n) is 10.9. The Balaban J connectivity index is 1.20. The number of carboxylic acid groups (broad SMARTS) is 1. The normalized spacial score (nSPS) is 18.2. The summed E-state index contributed by atoms with van der Waals surface area (Å²) in [5, 5.41) is 21.4. The van der Waals surface area contributed by atoms with Gasteiger partial charge in [-0.1, -0.05) is 0 Å². The molecule has 0 atom stereocenters. The fourth-order valence-electron chi connectivity index (χ4n) is 4.10. The van der Waals surface area contributed by atoms with E-state index in [4.69, 9.17) is 9.84 Å². The van der Waals surface area contributed by atoms with Gasteiger partial charge in [0, 0.05) is 47.0 Å². The van der Waals surface area contributed by atoms with E-state index < -0.39 is 5.97 Å². The smallest absolute Gasteiger partial charge is 0.303 e. The maximum Gasteiger partial charge on any atom is 0.303 e. The quantitative estimate of drug-likeness (QED) is 0.395. The molecule has 4 aromatic heterocycles. The Morgan fingerprint density at radius 3 is 2.36 bits per heavy atom. The van der Waals surface area contributed by atoms with Gasteiger partial charge in [0.1, 0.15) is 6.10 Å². The number of nitrogens with one attached hydrogen (secondary N) is 1. The van der Waals surface area contributed by atoms with Gasteiger partial charge in [0.05, 0.1) is 5.69 Å². The van der Waals surface area contributed by atoms with E-state index in [2.05, 4.69) is 25.1 Å². The third kappa shape index (κ3) is 5.09. The third-order valence-corrected chi connectivity index (χ3v) is 6.58. The molecule has 168 valence electrons. The van der Waals surface area contributed by atoms with Crippen LogP contribution in [0.5, 0.6) is 5.88 Å². The van der Waals surface area contributed by atoms with Gasteiger partial charge in [0.15, 0.2) is 11.6 Å². The summed E-state index contributed by atoms with van der Waals surface area (Å²) in [6.07, 6.45) is 7.35. The van der Waals surface area contributed by atoms with Gasteiger partial charge in [-0.2, -0.15) is 11.3 Å². The van der Waals surface area contributed by atoms with Crippen LogP contribution in [0.15, 0.2) is 53.5 Å². The molecular formula is C24H23N5O3S. The first-order chi connectivity index (χ1) is 16.1. The average molecular weight is 462 g/mol. The molecule has 4 heterocycles. The van der Waals surface area contributed by atoms with Crippen molar-refractivity contribution < 1.29 is 14.6 Å². The minimum absolute atomic E-state index is 0.0895. The number of rotatable bonds is 7. The standard InChI is InChI=1S/C24H23N5O3S/c30-22(31)11-15-1-5-19(6-2-15)32-21-8-4-16(12-26-21)20-7-3-17(13-25-20)23-27-24(29-28-23)18-9-10-33-14-18/h3-4,7-10,12-15,19H,1-2,5-6,11H2,(H,30,31)(H,27,28,29)/t15-,19+. The number of aliphatic carboxylic acids is 1. The highest BCUT2D eigenvalue weighted by atomic mass is 32.1. The van der Waals surface area contributed by atoms with Gasteiger partial charge in [0.25, 0.3) is 0 Å². The van der Waals surface area contributed by atoms with Crippen molar-refractivity contribution in [1.29, 1.82) is 0 Å². The summed E-state index contributed by atoms with van der Waals surface area (Å²) < 4.78 is 6.01. The van der Waals surface area contributed by atoms with Gasteiger partial charge < -0.3 is 14.8 Å². The second-order valence-corrected chi connectivity index (χ2v) is 8.99. The maximum absolute atomic E-state index is 10.9. The molecule has 33 heavy (non-hydrogen) atoms. The Morgan fingerprint density at radius 1 is 0.970 bits per heavy atom. The third-order valence-electron chi connectivity index (χ3n) is 5.89. The summed E-state index contributed by atoms with van der Waals surface area (Å²) in [4.78, 5) is 23.1. The second kappa shape index (κ2) is 9.50. The summed E-state index contributed by atoms with van der Waals surface area (Å²) in [5.74, 6) is 1.54. The molecular weight excluding hydrogens is 438 g/mol. The highest BCUT2D eigenvalue weighted by molar-refractivity contribution is 7.08. The zero-order valence-corrected chi connectivity index (χ0v) is 18.7. The molecule has 0 bridgehead atoms. The van der Waals surface area contributed by atoms with Crippen molar-refractivity contribution in [3.63, 3.8) is 0 Å². The summed E-state index contributed by atoms with van der Waals surface area (Å²) >= 11 is 1.62. The number of aromatic nitrogens is 5. The van der Waals surface area contributed by atoms with Crippen molar-refractivity contribution in [2.45, 2.75) is 38.2 Å². The van der Waals surface area contributed by atoms with E-state index >= 15 is 0 Å². The number of hydrogen-bond acceptors (Lipinski definition) is 7. The molecule has 2 N–H and O–H groups in total. The van der Waals surface area contributed by atoms with Crippen molar-refractivity contribution in [3.8, 4) is 39.9 Å². The highest BCUT2D eigenvalue weighted by Gasteiger charge is 2.24. The van der Waals surface area contributed by atoms with Crippen LogP contribution in [-0.4, -0.2) is 42.3 Å². The van der Waals surface area contributed by atoms with Gasteiger partial charge in [0.2, 0.25) is 5.88 Å². The Hall–Kier alpha value is -3.59. The molecule has 0 radical (unpaired) electrons. The fourth-order valence-corrected chi connectivity index (χ4v) is 4.74. The van der Waals surface area contributed by atoms with E-state index in [0.29, 0.717) is 11.7 Å². The zero-order chi connectivity index (χ0) is 22.6. The minimum Gasteiger partial charge on any atom is -0.481 e. The maximum atomic E-state index is 10.9. The Labute approximate surface area is 194 Å². The van der Waals surface area contributed by atoms with Gasteiger partial charge >= 0.3 is 5.97 Å². The molecule has 1 fully saturated rings. The van der Waals surface area contributed by atoms with Crippen molar-refractivity contribution in [2.24, 2.45) is 5.92 Å². The predicted molar refractivity (Wildman–Crippen MR) is 125 cm³/mol. The lowest BCUT2D eigenvalue weighted by Crippen LogP contribution is -2.25. The number of aromatic amines is 1. The summed E-state index contributed by atoms with van der Waals surface area (Å²) in [7, 11) is 0. The van der Waals surface area contributed by atoms with Crippen LogP contribution in [-0.2, 0) is 4.79 Å². The van der Waals surface area contributed by atoms with Crippen molar-refractivity contribution in [1.82, 2.24) is 25.1 Å². The Kier molecular flexibility index (Phi) is 6.12. The van der Waals surface area contributed by atoms with Crippen molar-refractivity contribution in [2.75, 3.05) is 0 Å². The van der Waals surface area contributed by atoms with Gasteiger partial charge in [-0.25, -0.2) is 4.98 Å². The number of carbonyl (C=O) groups is 1. The molecule has 9 heteroatoms. The lowest BCUT2D eigenvalue weighted by atomic mass is 9.85. The molecule has 0 spiro atoms. The van der Waals surface area contributed by atoms with E-state index in [1.165, 1.54) is 0 Å². The molecule has 0 aromatic carbocycles. The molecule has 0 saturated heterocycles. The van der Waals surface area contributed by atoms with E-state index in [9.17, 15) is 4.79 Å². The number of carboxylic acids is 1. The molecule has 1 aliphatic carbocycles. The monoisotopic (exact) mass is 461 g/mol. The summed E-state index contributed by atoms with van der Waals surface area (Å²) in [6.45, 7) is 0. The molecule has 8 nitrogen and oxygen atoms in total. The van der Waals surface area contributed by atoms with Crippen LogP contribution in [0, 0.1) is 5.92 Å². The highest BCUT2D eigenvalue weighted by Crippen LogP contribution is 2.30. The Morgan fingerprint density at radius 2 is 1.73 bits per heavy atom. The number of H-pyrrole nitrogens is 1. The number of thiophene rings is 1. The summed E-state index contributed by atoms with van der Waals surface area (Å²) in [5.41, 5.74) is 3.59. The fraction of sp³-hybridized carbons (Fsp3) is 0.292. The average Bonchev–Trinajstić information content (AvgIpc) is 3.53. The van der Waals surface area contributed by atoms with E-state index in [-0.39, 0.29) is 18.4 Å². The van der Waals surface area contributed by atoms with E-state index in [1.54, 1.807) is 23.7 Å². The first-order valence-corrected chi connectivity index (χ1v) is 11.8. The zero-order valence-electron chi connectivity index (χ0n) is 17.8. The molecule has 1 saturated carbocycles. The van der Waals surface area contributed by atoms with E-state index in [1.807, 2.05) is 41.1 Å². The molecule has 4 aromatic rings. The Bertz CT molecular complexity index is 1200. The van der Waals surface area contributed by atoms with Crippen LogP contribution in [0.25, 0.3) is 34.0 Å². The van der Waals surface area contributed by atoms with Gasteiger partial charge in [-0.15, -0.1) is 10.2 Å². The number of nitrogens with zero attached hydrogens (tertiary/aromatic N) is 4. The number of pyridine rings is 2. The lowest BCUT2D eigenvalue weighted by molar-refractivity contribution is -0.138. The lowest BCUT2D eigenvalue weighted by Gasteiger charge is -2.27. The van der Waals surface area contributed by atoms with Gasteiger partial charge in [-0.3, -0.25) is 9.78 Å². The predicted octanol–water partition coefficient (Wildman–Crippen LogP) is 5.07. The second-order valence-electron chi connectivity index (χ2n) is 8.21. The molecule has 0 unspecified atom stereocenters. The molecule has 1 aliphatic rings. The first kappa shape index (κ1) is 21.3. The topological polar surface area (TPSA) is 114 Å². The van der Waals surface area contributed by atoms with E-state index in [0.717, 1.165) is 53.9 Å². The van der Waals surface area contributed by atoms with Crippen molar-refractivity contribution in [3.05, 3.63) is 53.5 Å². The molecule has 0 amide bonds. The summed E-state index contributed by atoms with van der Waals surface area (Å²) in [6, 6.07) is 9.70. The van der Waals surface area contributed by atoms with Crippen LogP contribution in [0.2, 0.25) is 0 Å². The number of hydrogen-bond donors (Lipinski definition) is 2. The van der Waals surface area contributed by atoms with Crippen LogP contribution >= 0.6 is 11.3 Å². The van der Waals surface area contributed by atoms with Crippen molar-refractivity contribution >= 4 is 17.3 Å². The van der Waals surface area contributed by atoms with Crippen LogP contribution in [0.1, 0.15) is 32.1 Å². The number of ether oxygens (including phenoxy) is 1. The van der Waals surface area contributed by atoms with Crippen LogP contribution in [0.3, 0.4) is 0 Å². The molecule has 5 rings (SSSR count). The minimum atomic E-state index is -0.720. The molecule has 0 aliphatic heterocycles. The van der Waals surface area contributed by atoms with Crippen LogP contribution < -0.4 is 4.74 Å². The SMILES string of the molecule is O=C(O)C[C@H]1CC[C@@H](Oc2ccc(-c3ccc(-c4nnc(-c5ccsc5)[nH]4)cn3)cn2)CC1. The largest absolute Gasteiger partial charge is 0.481 e. The van der Waals surface area contributed by atoms with Gasteiger partial charge in [-0.05, 0) is 61.2 Å². The van der Waals surface area contributed by atoms with Crippen LogP contribution in [0.4, 0.5) is 0 Å².